The normalized spacial score (nSPS) is 10.3. The third kappa shape index (κ3) is 8.81. The Morgan fingerprint density at radius 1 is 0.737 bits per heavy atom. The van der Waals surface area contributed by atoms with Crippen LogP contribution in [0.2, 0.25) is 0 Å². The van der Waals surface area contributed by atoms with E-state index in [-0.39, 0.29) is 17.1 Å². The van der Waals surface area contributed by atoms with Crippen LogP contribution < -0.4 is 14.2 Å². The summed E-state index contributed by atoms with van der Waals surface area (Å²) in [6.45, 7) is 5.98. The number of hydrogen-bond donors (Lipinski definition) is 1. The van der Waals surface area contributed by atoms with E-state index in [0.29, 0.717) is 35.8 Å². The molecule has 0 aromatic heterocycles. The zero-order valence-electron chi connectivity index (χ0n) is 21.2. The predicted octanol–water partition coefficient (Wildman–Crippen LogP) is 5.81. The maximum absolute atomic E-state index is 12.5. The third-order valence-corrected chi connectivity index (χ3v) is 5.49. The standard InChI is InChI=1S/C30H30O8/c1-3-28(32)36-19-7-5-4-6-18-35-24-12-8-22(9-13-24)29(33)37-25-14-10-23(11-15-25)30(34)38-26-16-17-27(31)21(2)20-26/h3,8-17,20,31H,1,4-7,18-19H2,2H3. The summed E-state index contributed by atoms with van der Waals surface area (Å²) in [4.78, 5) is 35.8. The molecule has 0 fully saturated rings. The van der Waals surface area contributed by atoms with Crippen LogP contribution in [-0.4, -0.2) is 36.2 Å². The van der Waals surface area contributed by atoms with Crippen LogP contribution >= 0.6 is 0 Å². The van der Waals surface area contributed by atoms with E-state index in [1.54, 1.807) is 37.3 Å². The summed E-state index contributed by atoms with van der Waals surface area (Å²) in [7, 11) is 0. The highest BCUT2D eigenvalue weighted by molar-refractivity contribution is 5.92. The van der Waals surface area contributed by atoms with Crippen molar-refractivity contribution in [1.82, 2.24) is 0 Å². The first kappa shape index (κ1) is 28.0. The van der Waals surface area contributed by atoms with Crippen LogP contribution in [0.25, 0.3) is 0 Å². The van der Waals surface area contributed by atoms with E-state index < -0.39 is 17.9 Å². The number of ether oxygens (including phenoxy) is 4. The van der Waals surface area contributed by atoms with Gasteiger partial charge >= 0.3 is 17.9 Å². The van der Waals surface area contributed by atoms with Gasteiger partial charge in [0.1, 0.15) is 23.0 Å². The number of aromatic hydroxyl groups is 1. The number of benzene rings is 3. The molecule has 3 aromatic carbocycles. The molecule has 3 rings (SSSR count). The number of hydrogen-bond acceptors (Lipinski definition) is 8. The monoisotopic (exact) mass is 518 g/mol. The molecule has 0 amide bonds. The lowest BCUT2D eigenvalue weighted by atomic mass is 10.2. The Labute approximate surface area is 221 Å². The van der Waals surface area contributed by atoms with Gasteiger partial charge in [-0.15, -0.1) is 0 Å². The molecular formula is C30H30O8. The first-order valence-corrected chi connectivity index (χ1v) is 12.2. The van der Waals surface area contributed by atoms with E-state index in [4.69, 9.17) is 18.9 Å². The molecule has 8 heteroatoms. The van der Waals surface area contributed by atoms with Crippen molar-refractivity contribution in [3.63, 3.8) is 0 Å². The second-order valence-corrected chi connectivity index (χ2v) is 8.41. The molecule has 0 heterocycles. The molecule has 0 unspecified atom stereocenters. The van der Waals surface area contributed by atoms with E-state index in [0.717, 1.165) is 31.8 Å². The maximum atomic E-state index is 12.5. The lowest BCUT2D eigenvalue weighted by molar-refractivity contribution is -0.137. The maximum Gasteiger partial charge on any atom is 0.343 e. The summed E-state index contributed by atoms with van der Waals surface area (Å²) in [6.07, 6.45) is 4.68. The third-order valence-electron chi connectivity index (χ3n) is 5.49. The molecule has 0 aliphatic heterocycles. The van der Waals surface area contributed by atoms with Crippen molar-refractivity contribution in [1.29, 1.82) is 0 Å². The highest BCUT2D eigenvalue weighted by Gasteiger charge is 2.12. The minimum Gasteiger partial charge on any atom is -0.508 e. The van der Waals surface area contributed by atoms with E-state index in [1.807, 2.05) is 0 Å². The van der Waals surface area contributed by atoms with Gasteiger partial charge in [0.2, 0.25) is 0 Å². The van der Waals surface area contributed by atoms with E-state index >= 15 is 0 Å². The van der Waals surface area contributed by atoms with Gasteiger partial charge in [-0.2, -0.15) is 0 Å². The van der Waals surface area contributed by atoms with Gasteiger partial charge in [0, 0.05) is 6.08 Å². The van der Waals surface area contributed by atoms with Gasteiger partial charge in [-0.25, -0.2) is 14.4 Å². The molecular weight excluding hydrogens is 488 g/mol. The van der Waals surface area contributed by atoms with Crippen LogP contribution in [-0.2, 0) is 9.53 Å². The molecule has 1 N–H and O–H groups in total. The first-order chi connectivity index (χ1) is 18.4. The fraction of sp³-hybridized carbons (Fsp3) is 0.233. The zero-order chi connectivity index (χ0) is 27.3. The molecule has 0 saturated heterocycles. The Kier molecular flexibility index (Phi) is 10.5. The fourth-order valence-corrected chi connectivity index (χ4v) is 3.35. The highest BCUT2D eigenvalue weighted by atomic mass is 16.5. The first-order valence-electron chi connectivity index (χ1n) is 12.2. The van der Waals surface area contributed by atoms with E-state index in [1.165, 1.54) is 36.4 Å². The summed E-state index contributed by atoms with van der Waals surface area (Å²) in [5, 5.41) is 9.58. The second kappa shape index (κ2) is 14.2. The number of aryl methyl sites for hydroxylation is 1. The van der Waals surface area contributed by atoms with Gasteiger partial charge in [0.15, 0.2) is 0 Å². The van der Waals surface area contributed by atoms with Crippen molar-refractivity contribution in [2.75, 3.05) is 13.2 Å². The number of phenolic OH excluding ortho intramolecular Hbond substituents is 1. The summed E-state index contributed by atoms with van der Waals surface area (Å²) >= 11 is 0. The number of unbranched alkanes of at least 4 members (excludes halogenated alkanes) is 3. The number of rotatable bonds is 13. The van der Waals surface area contributed by atoms with Crippen LogP contribution in [0.4, 0.5) is 0 Å². The molecule has 3 aromatic rings. The van der Waals surface area contributed by atoms with Crippen molar-refractivity contribution in [3.8, 4) is 23.0 Å². The van der Waals surface area contributed by atoms with E-state index in [9.17, 15) is 19.5 Å². The van der Waals surface area contributed by atoms with E-state index in [2.05, 4.69) is 6.58 Å². The Balaban J connectivity index is 1.40. The quantitative estimate of drug-likeness (QED) is 0.131. The minimum atomic E-state index is -0.572. The van der Waals surface area contributed by atoms with Crippen molar-refractivity contribution >= 4 is 17.9 Å². The van der Waals surface area contributed by atoms with Crippen LogP contribution in [0.15, 0.2) is 79.4 Å². The molecule has 0 aliphatic carbocycles. The van der Waals surface area contributed by atoms with Crippen molar-refractivity contribution in [2.24, 2.45) is 0 Å². The van der Waals surface area contributed by atoms with Crippen molar-refractivity contribution < 1.29 is 38.4 Å². The highest BCUT2D eigenvalue weighted by Crippen LogP contribution is 2.23. The lowest BCUT2D eigenvalue weighted by Gasteiger charge is -2.09. The Morgan fingerprint density at radius 3 is 1.84 bits per heavy atom. The van der Waals surface area contributed by atoms with Gasteiger partial charge in [-0.1, -0.05) is 6.58 Å². The molecule has 0 spiro atoms. The topological polar surface area (TPSA) is 108 Å². The number of carbonyl (C=O) groups excluding carboxylic acids is 3. The largest absolute Gasteiger partial charge is 0.508 e. The zero-order valence-corrected chi connectivity index (χ0v) is 21.2. The van der Waals surface area contributed by atoms with Gasteiger partial charge in [0.25, 0.3) is 0 Å². The Bertz CT molecular complexity index is 1250. The molecule has 0 atom stereocenters. The number of esters is 3. The smallest absolute Gasteiger partial charge is 0.343 e. The van der Waals surface area contributed by atoms with Gasteiger partial charge in [-0.3, -0.25) is 0 Å². The molecule has 0 saturated carbocycles. The SMILES string of the molecule is C=CC(=O)OCCCCCCOc1ccc(C(=O)Oc2ccc(C(=O)Oc3ccc(O)c(C)c3)cc2)cc1. The van der Waals surface area contributed by atoms with Gasteiger partial charge in [0.05, 0.1) is 24.3 Å². The van der Waals surface area contributed by atoms with Crippen molar-refractivity contribution in [3.05, 3.63) is 96.1 Å². The number of carbonyl (C=O) groups is 3. The second-order valence-electron chi connectivity index (χ2n) is 8.41. The molecule has 0 bridgehead atoms. The molecule has 38 heavy (non-hydrogen) atoms. The Hall–Kier alpha value is -4.59. The number of phenols is 1. The average molecular weight is 519 g/mol. The minimum absolute atomic E-state index is 0.118. The van der Waals surface area contributed by atoms with Gasteiger partial charge in [-0.05, 0) is 105 Å². The molecule has 0 aliphatic rings. The van der Waals surface area contributed by atoms with Crippen LogP contribution in [0.1, 0.15) is 52.0 Å². The fourth-order valence-electron chi connectivity index (χ4n) is 3.35. The molecule has 198 valence electrons. The molecule has 0 radical (unpaired) electrons. The summed E-state index contributed by atoms with van der Waals surface area (Å²) < 4.78 is 21.3. The Morgan fingerprint density at radius 2 is 1.26 bits per heavy atom. The molecule has 8 nitrogen and oxygen atoms in total. The van der Waals surface area contributed by atoms with Crippen LogP contribution in [0.5, 0.6) is 23.0 Å². The summed E-state index contributed by atoms with van der Waals surface area (Å²) in [6, 6.07) is 17.2. The summed E-state index contributed by atoms with van der Waals surface area (Å²) in [5.41, 5.74) is 1.24. The van der Waals surface area contributed by atoms with Crippen molar-refractivity contribution in [2.45, 2.75) is 32.6 Å². The predicted molar refractivity (Wildman–Crippen MR) is 141 cm³/mol. The van der Waals surface area contributed by atoms with Gasteiger partial charge < -0.3 is 24.1 Å². The van der Waals surface area contributed by atoms with Crippen LogP contribution in [0.3, 0.4) is 0 Å². The van der Waals surface area contributed by atoms with Crippen LogP contribution in [0, 0.1) is 6.92 Å². The lowest BCUT2D eigenvalue weighted by Crippen LogP contribution is -2.10. The summed E-state index contributed by atoms with van der Waals surface area (Å²) in [5.74, 6) is -0.150. The average Bonchev–Trinajstić information content (AvgIpc) is 2.92.